The summed E-state index contributed by atoms with van der Waals surface area (Å²) >= 11 is 0. The predicted molar refractivity (Wildman–Crippen MR) is 102 cm³/mol. The molecule has 2 aromatic rings. The molecule has 144 valence electrons. The van der Waals surface area contributed by atoms with Crippen LogP contribution in [0.4, 0.5) is 0 Å². The van der Waals surface area contributed by atoms with Gasteiger partial charge in [0.1, 0.15) is 5.54 Å². The van der Waals surface area contributed by atoms with Gasteiger partial charge in [0.25, 0.3) is 0 Å². The number of amides is 1. The average Bonchev–Trinajstić information content (AvgIpc) is 3.11. The van der Waals surface area contributed by atoms with E-state index in [4.69, 9.17) is 10.5 Å². The molecule has 27 heavy (non-hydrogen) atoms. The maximum absolute atomic E-state index is 13.2. The fraction of sp³-hybridized carbons (Fsp3) is 0.550. The second kappa shape index (κ2) is 6.42. The molecule has 1 aliphatic heterocycles. The van der Waals surface area contributed by atoms with Crippen molar-refractivity contribution in [1.82, 2.24) is 19.7 Å². The summed E-state index contributed by atoms with van der Waals surface area (Å²) in [6, 6.07) is 10.00. The SMILES string of the molecule is CCOC1CC(N)(C(=O)N2CCn3c(nnc3-c3ccccc3)C2)C1(C)C. The van der Waals surface area contributed by atoms with Crippen molar-refractivity contribution in [2.24, 2.45) is 11.1 Å². The van der Waals surface area contributed by atoms with Crippen molar-refractivity contribution in [3.63, 3.8) is 0 Å². The lowest BCUT2D eigenvalue weighted by Crippen LogP contribution is -2.76. The molecule has 1 saturated carbocycles. The molecule has 2 atom stereocenters. The molecule has 1 aliphatic carbocycles. The van der Waals surface area contributed by atoms with Crippen LogP contribution in [0.1, 0.15) is 33.0 Å². The molecule has 1 fully saturated rings. The monoisotopic (exact) mass is 369 g/mol. The summed E-state index contributed by atoms with van der Waals surface area (Å²) in [5.74, 6) is 1.63. The summed E-state index contributed by atoms with van der Waals surface area (Å²) in [4.78, 5) is 15.1. The highest BCUT2D eigenvalue weighted by Gasteiger charge is 2.63. The van der Waals surface area contributed by atoms with Gasteiger partial charge in [-0.3, -0.25) is 4.79 Å². The van der Waals surface area contributed by atoms with Crippen molar-refractivity contribution in [3.05, 3.63) is 36.2 Å². The molecule has 0 bridgehead atoms. The first-order valence-corrected chi connectivity index (χ1v) is 9.56. The Morgan fingerprint density at radius 1 is 1.26 bits per heavy atom. The number of ether oxygens (including phenoxy) is 1. The number of nitrogens with zero attached hydrogens (tertiary/aromatic N) is 4. The Kier molecular flexibility index (Phi) is 4.31. The van der Waals surface area contributed by atoms with Gasteiger partial charge in [-0.25, -0.2) is 0 Å². The maximum atomic E-state index is 13.2. The maximum Gasteiger partial charge on any atom is 0.243 e. The van der Waals surface area contributed by atoms with Crippen LogP contribution in [0.15, 0.2) is 30.3 Å². The average molecular weight is 369 g/mol. The van der Waals surface area contributed by atoms with E-state index in [1.165, 1.54) is 0 Å². The molecule has 7 heteroatoms. The Labute approximate surface area is 159 Å². The molecular weight excluding hydrogens is 342 g/mol. The minimum atomic E-state index is -0.892. The minimum Gasteiger partial charge on any atom is -0.378 e. The van der Waals surface area contributed by atoms with Gasteiger partial charge in [0.05, 0.1) is 12.6 Å². The second-order valence-corrected chi connectivity index (χ2v) is 8.03. The Morgan fingerprint density at radius 2 is 2.00 bits per heavy atom. The number of rotatable bonds is 4. The molecule has 0 saturated heterocycles. The van der Waals surface area contributed by atoms with Crippen LogP contribution in [0.2, 0.25) is 0 Å². The Hall–Kier alpha value is -2.25. The van der Waals surface area contributed by atoms with Gasteiger partial charge >= 0.3 is 0 Å². The number of fused-ring (bicyclic) bond motifs is 1. The van der Waals surface area contributed by atoms with Crippen molar-refractivity contribution >= 4 is 5.91 Å². The van der Waals surface area contributed by atoms with Gasteiger partial charge < -0.3 is 19.9 Å². The summed E-state index contributed by atoms with van der Waals surface area (Å²) in [5.41, 5.74) is 6.33. The molecule has 2 unspecified atom stereocenters. The number of carbonyl (C=O) groups excluding carboxylic acids is 1. The first-order chi connectivity index (χ1) is 12.9. The van der Waals surface area contributed by atoms with Gasteiger partial charge in [0.15, 0.2) is 11.6 Å². The number of benzene rings is 1. The van der Waals surface area contributed by atoms with Crippen molar-refractivity contribution in [1.29, 1.82) is 0 Å². The van der Waals surface area contributed by atoms with E-state index in [0.29, 0.717) is 32.7 Å². The fourth-order valence-corrected chi connectivity index (χ4v) is 4.21. The highest BCUT2D eigenvalue weighted by Crippen LogP contribution is 2.50. The molecule has 4 rings (SSSR count). The van der Waals surface area contributed by atoms with Crippen LogP contribution in [0.3, 0.4) is 0 Å². The van der Waals surface area contributed by atoms with Gasteiger partial charge in [-0.2, -0.15) is 0 Å². The Bertz CT molecular complexity index is 847. The van der Waals surface area contributed by atoms with Crippen LogP contribution in [0, 0.1) is 5.41 Å². The zero-order valence-corrected chi connectivity index (χ0v) is 16.2. The summed E-state index contributed by atoms with van der Waals surface area (Å²) in [7, 11) is 0. The first kappa shape index (κ1) is 18.1. The highest BCUT2D eigenvalue weighted by atomic mass is 16.5. The third-order valence-corrected chi connectivity index (χ3v) is 6.28. The van der Waals surface area contributed by atoms with Crippen LogP contribution in [-0.2, 0) is 22.6 Å². The lowest BCUT2D eigenvalue weighted by atomic mass is 9.54. The summed E-state index contributed by atoms with van der Waals surface area (Å²) in [6.07, 6.45) is 0.583. The third kappa shape index (κ3) is 2.68. The van der Waals surface area contributed by atoms with E-state index < -0.39 is 5.54 Å². The molecule has 7 nitrogen and oxygen atoms in total. The van der Waals surface area contributed by atoms with Crippen molar-refractivity contribution in [2.75, 3.05) is 13.2 Å². The summed E-state index contributed by atoms with van der Waals surface area (Å²) in [5, 5.41) is 8.67. The van der Waals surface area contributed by atoms with Crippen LogP contribution in [-0.4, -0.2) is 50.4 Å². The highest BCUT2D eigenvalue weighted by molar-refractivity contribution is 5.89. The van der Waals surface area contributed by atoms with Crippen molar-refractivity contribution in [3.8, 4) is 11.4 Å². The molecule has 1 aromatic carbocycles. The summed E-state index contributed by atoms with van der Waals surface area (Å²) in [6.45, 7) is 8.36. The molecule has 1 aromatic heterocycles. The van der Waals surface area contributed by atoms with Crippen molar-refractivity contribution in [2.45, 2.75) is 51.9 Å². The fourth-order valence-electron chi connectivity index (χ4n) is 4.21. The van der Waals surface area contributed by atoms with Gasteiger partial charge in [0.2, 0.25) is 5.91 Å². The van der Waals surface area contributed by atoms with Crippen molar-refractivity contribution < 1.29 is 9.53 Å². The van der Waals surface area contributed by atoms with E-state index in [0.717, 1.165) is 17.2 Å². The molecule has 2 N–H and O–H groups in total. The molecule has 2 heterocycles. The molecule has 2 aliphatic rings. The van der Waals surface area contributed by atoms with E-state index in [9.17, 15) is 4.79 Å². The topological polar surface area (TPSA) is 86.3 Å². The van der Waals surface area contributed by atoms with E-state index in [1.807, 2.05) is 56.0 Å². The van der Waals surface area contributed by atoms with Crippen LogP contribution < -0.4 is 5.73 Å². The zero-order chi connectivity index (χ0) is 19.2. The van der Waals surface area contributed by atoms with Gasteiger partial charge in [-0.05, 0) is 6.92 Å². The van der Waals surface area contributed by atoms with E-state index in [1.54, 1.807) is 0 Å². The van der Waals surface area contributed by atoms with Crippen LogP contribution >= 0.6 is 0 Å². The second-order valence-electron chi connectivity index (χ2n) is 8.03. The number of nitrogens with two attached hydrogens (primary N) is 1. The number of carbonyl (C=O) groups is 1. The largest absolute Gasteiger partial charge is 0.378 e. The molecular formula is C20H27N5O2. The number of hydrogen-bond donors (Lipinski definition) is 1. The quantitative estimate of drug-likeness (QED) is 0.888. The zero-order valence-electron chi connectivity index (χ0n) is 16.2. The van der Waals surface area contributed by atoms with Crippen LogP contribution in [0.25, 0.3) is 11.4 Å². The third-order valence-electron chi connectivity index (χ3n) is 6.28. The standard InChI is InChI=1S/C20H27N5O2/c1-4-27-15-12-20(21,19(15,2)3)18(26)24-10-11-25-16(13-24)22-23-17(25)14-8-6-5-7-9-14/h5-9,15H,4,10-13,21H2,1-3H3. The molecule has 1 amide bonds. The smallest absolute Gasteiger partial charge is 0.243 e. The molecule has 0 spiro atoms. The Morgan fingerprint density at radius 3 is 2.67 bits per heavy atom. The predicted octanol–water partition coefficient (Wildman–Crippen LogP) is 1.82. The lowest BCUT2D eigenvalue weighted by molar-refractivity contribution is -0.180. The van der Waals surface area contributed by atoms with E-state index >= 15 is 0 Å². The van der Waals surface area contributed by atoms with E-state index in [2.05, 4.69) is 14.8 Å². The normalized spacial score (nSPS) is 26.4. The van der Waals surface area contributed by atoms with Gasteiger partial charge in [0, 0.05) is 37.1 Å². The lowest BCUT2D eigenvalue weighted by Gasteiger charge is -2.58. The van der Waals surface area contributed by atoms with Gasteiger partial charge in [-0.1, -0.05) is 44.2 Å². The first-order valence-electron chi connectivity index (χ1n) is 9.56. The summed E-state index contributed by atoms with van der Waals surface area (Å²) < 4.78 is 7.85. The van der Waals surface area contributed by atoms with Crippen LogP contribution in [0.5, 0.6) is 0 Å². The molecule has 0 radical (unpaired) electrons. The van der Waals surface area contributed by atoms with Gasteiger partial charge in [-0.15, -0.1) is 10.2 Å². The minimum absolute atomic E-state index is 0.0148. The number of hydrogen-bond acceptors (Lipinski definition) is 5. The Balaban J connectivity index is 1.52. The number of aromatic nitrogens is 3. The van der Waals surface area contributed by atoms with E-state index in [-0.39, 0.29) is 17.4 Å².